The smallest absolute Gasteiger partial charge is 0.303 e. The van der Waals surface area contributed by atoms with E-state index in [9.17, 15) is 19.8 Å². The van der Waals surface area contributed by atoms with E-state index < -0.39 is 18.1 Å². The van der Waals surface area contributed by atoms with Crippen molar-refractivity contribution in [3.05, 3.63) is 12.2 Å². The van der Waals surface area contributed by atoms with Gasteiger partial charge in [-0.05, 0) is 25.7 Å². The first-order valence-electron chi connectivity index (χ1n) is 16.0. The highest BCUT2D eigenvalue weighted by molar-refractivity contribution is 5.76. The lowest BCUT2D eigenvalue weighted by Crippen LogP contribution is -2.45. The molecule has 2 unspecified atom stereocenters. The Bertz CT molecular complexity index is 566. The molecule has 6 heteroatoms. The minimum absolute atomic E-state index is 0.108. The number of hydrogen-bond donors (Lipinski definition) is 4. The van der Waals surface area contributed by atoms with E-state index in [1.807, 2.05) is 6.08 Å². The number of aliphatic hydroxyl groups excluding tert-OH is 2. The number of hydrogen-bond acceptors (Lipinski definition) is 4. The molecule has 0 saturated heterocycles. The number of carbonyl (C=O) groups is 2. The number of nitrogens with one attached hydrogen (secondary N) is 1. The van der Waals surface area contributed by atoms with E-state index in [1.54, 1.807) is 6.08 Å². The molecule has 0 saturated carbocycles. The largest absolute Gasteiger partial charge is 0.481 e. The van der Waals surface area contributed by atoms with Gasteiger partial charge in [-0.25, -0.2) is 0 Å². The highest BCUT2D eigenvalue weighted by Gasteiger charge is 2.17. The first kappa shape index (κ1) is 36.6. The van der Waals surface area contributed by atoms with Crippen LogP contribution in [0.1, 0.15) is 161 Å². The lowest BCUT2D eigenvalue weighted by molar-refractivity contribution is -0.137. The number of rotatable bonds is 29. The maximum absolute atomic E-state index is 12.2. The molecule has 0 aliphatic carbocycles. The molecule has 224 valence electrons. The van der Waals surface area contributed by atoms with Gasteiger partial charge in [-0.2, -0.15) is 0 Å². The molecular formula is C32H61NO5. The van der Waals surface area contributed by atoms with E-state index >= 15 is 0 Å². The monoisotopic (exact) mass is 539 g/mol. The zero-order chi connectivity index (χ0) is 28.1. The normalized spacial score (nSPS) is 13.1. The van der Waals surface area contributed by atoms with Crippen LogP contribution in [0.4, 0.5) is 0 Å². The van der Waals surface area contributed by atoms with Gasteiger partial charge in [0, 0.05) is 12.8 Å². The van der Waals surface area contributed by atoms with Gasteiger partial charge in [0.15, 0.2) is 0 Å². The van der Waals surface area contributed by atoms with Crippen molar-refractivity contribution in [2.45, 2.75) is 173 Å². The fraction of sp³-hybridized carbons (Fsp3) is 0.875. The molecule has 0 aromatic heterocycles. The second-order valence-electron chi connectivity index (χ2n) is 11.0. The van der Waals surface area contributed by atoms with Gasteiger partial charge in [0.1, 0.15) is 0 Å². The predicted octanol–water partition coefficient (Wildman–Crippen LogP) is 7.85. The van der Waals surface area contributed by atoms with Crippen LogP contribution < -0.4 is 5.32 Å². The van der Waals surface area contributed by atoms with Crippen LogP contribution in [0.25, 0.3) is 0 Å². The van der Waals surface area contributed by atoms with Crippen LogP contribution in [0, 0.1) is 0 Å². The standard InChI is InChI=1S/C32H61NO5/c1-2-3-4-5-6-7-8-9-10-13-16-19-22-25-30(35)29(28-34)33-31(36)26-23-20-17-14-11-12-15-18-21-24-27-32(37)38/h22,25,29-30,34-35H,2-21,23-24,26-28H2,1H3,(H,33,36)(H,37,38)/b25-22+. The maximum atomic E-state index is 12.2. The van der Waals surface area contributed by atoms with Crippen molar-refractivity contribution in [3.8, 4) is 0 Å². The summed E-state index contributed by atoms with van der Waals surface area (Å²) in [6.45, 7) is 1.98. The Morgan fingerprint density at radius 3 is 1.53 bits per heavy atom. The predicted molar refractivity (Wildman–Crippen MR) is 158 cm³/mol. The van der Waals surface area contributed by atoms with Crippen molar-refractivity contribution < 1.29 is 24.9 Å². The summed E-state index contributed by atoms with van der Waals surface area (Å²) >= 11 is 0. The van der Waals surface area contributed by atoms with Gasteiger partial charge in [0.2, 0.25) is 5.91 Å². The molecular weight excluding hydrogens is 478 g/mol. The molecule has 0 bridgehead atoms. The summed E-state index contributed by atoms with van der Waals surface area (Å²) in [5.41, 5.74) is 0. The molecule has 0 fully saturated rings. The van der Waals surface area contributed by atoms with Crippen LogP contribution in [-0.4, -0.2) is 45.9 Å². The average Bonchev–Trinajstić information content (AvgIpc) is 2.90. The lowest BCUT2D eigenvalue weighted by atomic mass is 10.0. The van der Waals surface area contributed by atoms with Crippen LogP contribution >= 0.6 is 0 Å². The third kappa shape index (κ3) is 26.2. The summed E-state index contributed by atoms with van der Waals surface area (Å²) in [4.78, 5) is 22.7. The number of aliphatic hydroxyl groups is 2. The third-order valence-corrected chi connectivity index (χ3v) is 7.31. The molecule has 2 atom stereocenters. The van der Waals surface area contributed by atoms with Crippen LogP contribution in [0.15, 0.2) is 12.2 Å². The van der Waals surface area contributed by atoms with Crippen LogP contribution in [0.5, 0.6) is 0 Å². The number of carboxylic acids is 1. The molecule has 0 heterocycles. The van der Waals surface area contributed by atoms with Crippen LogP contribution in [0.2, 0.25) is 0 Å². The first-order valence-corrected chi connectivity index (χ1v) is 16.0. The van der Waals surface area contributed by atoms with Gasteiger partial charge in [0.05, 0.1) is 18.8 Å². The Morgan fingerprint density at radius 1 is 0.658 bits per heavy atom. The fourth-order valence-corrected chi connectivity index (χ4v) is 4.79. The minimum atomic E-state index is -0.860. The van der Waals surface area contributed by atoms with Gasteiger partial charge < -0.3 is 20.6 Å². The second kappa shape index (κ2) is 28.6. The van der Waals surface area contributed by atoms with Gasteiger partial charge >= 0.3 is 5.97 Å². The fourth-order valence-electron chi connectivity index (χ4n) is 4.79. The zero-order valence-corrected chi connectivity index (χ0v) is 24.6. The van der Waals surface area contributed by atoms with Crippen LogP contribution in [-0.2, 0) is 9.59 Å². The molecule has 0 aliphatic rings. The van der Waals surface area contributed by atoms with Gasteiger partial charge in [-0.3, -0.25) is 9.59 Å². The van der Waals surface area contributed by atoms with Crippen molar-refractivity contribution in [2.75, 3.05) is 6.61 Å². The number of aliphatic carboxylic acids is 1. The molecule has 0 rings (SSSR count). The molecule has 6 nitrogen and oxygen atoms in total. The Balaban J connectivity index is 3.65. The van der Waals surface area contributed by atoms with E-state index in [0.29, 0.717) is 6.42 Å². The van der Waals surface area contributed by atoms with Crippen molar-refractivity contribution in [3.63, 3.8) is 0 Å². The molecule has 1 amide bonds. The number of allylic oxidation sites excluding steroid dienone is 1. The summed E-state index contributed by atoms with van der Waals surface area (Å²) in [5.74, 6) is -0.813. The van der Waals surface area contributed by atoms with Crippen molar-refractivity contribution >= 4 is 11.9 Å². The summed E-state index contributed by atoms with van der Waals surface area (Å²) in [5, 5.41) is 31.3. The number of unbranched alkanes of at least 4 members (excludes halogenated alkanes) is 20. The summed E-state index contributed by atoms with van der Waals surface area (Å²) in [6, 6.07) is -0.647. The molecule has 38 heavy (non-hydrogen) atoms. The van der Waals surface area contributed by atoms with E-state index in [0.717, 1.165) is 51.4 Å². The number of carboxylic acid groups (broad SMARTS) is 1. The Kier molecular flexibility index (Phi) is 27.6. The molecule has 0 spiro atoms. The quantitative estimate of drug-likeness (QED) is 0.0572. The highest BCUT2D eigenvalue weighted by atomic mass is 16.4. The van der Waals surface area contributed by atoms with Crippen molar-refractivity contribution in [1.29, 1.82) is 0 Å². The molecule has 0 aliphatic heterocycles. The van der Waals surface area contributed by atoms with E-state index in [4.69, 9.17) is 5.11 Å². The first-order chi connectivity index (χ1) is 18.5. The van der Waals surface area contributed by atoms with Gasteiger partial charge in [-0.15, -0.1) is 0 Å². The topological polar surface area (TPSA) is 107 Å². The van der Waals surface area contributed by atoms with Gasteiger partial charge in [0.25, 0.3) is 0 Å². The molecule has 0 aromatic carbocycles. The van der Waals surface area contributed by atoms with Gasteiger partial charge in [-0.1, -0.05) is 135 Å². The number of amides is 1. The van der Waals surface area contributed by atoms with E-state index in [1.165, 1.54) is 89.9 Å². The summed E-state index contributed by atoms with van der Waals surface area (Å²) in [7, 11) is 0. The zero-order valence-electron chi connectivity index (χ0n) is 24.6. The lowest BCUT2D eigenvalue weighted by Gasteiger charge is -2.20. The van der Waals surface area contributed by atoms with Crippen molar-refractivity contribution in [2.24, 2.45) is 0 Å². The maximum Gasteiger partial charge on any atom is 0.303 e. The average molecular weight is 540 g/mol. The third-order valence-electron chi connectivity index (χ3n) is 7.31. The second-order valence-corrected chi connectivity index (χ2v) is 11.0. The minimum Gasteiger partial charge on any atom is -0.481 e. The highest BCUT2D eigenvalue weighted by Crippen LogP contribution is 2.13. The van der Waals surface area contributed by atoms with E-state index in [2.05, 4.69) is 12.2 Å². The Labute approximate surface area is 234 Å². The molecule has 0 aromatic rings. The van der Waals surface area contributed by atoms with Crippen molar-refractivity contribution in [1.82, 2.24) is 5.32 Å². The van der Waals surface area contributed by atoms with Crippen LogP contribution in [0.3, 0.4) is 0 Å². The summed E-state index contributed by atoms with van der Waals surface area (Å²) < 4.78 is 0. The Morgan fingerprint density at radius 2 is 1.08 bits per heavy atom. The Hall–Kier alpha value is -1.40. The SMILES string of the molecule is CCCCCCCCCCCCC/C=C/C(O)C(CO)NC(=O)CCCCCCCCCCCCC(=O)O. The van der Waals surface area contributed by atoms with E-state index in [-0.39, 0.29) is 18.9 Å². The summed E-state index contributed by atoms with van der Waals surface area (Å²) in [6.07, 6.45) is 29.5. The number of carbonyl (C=O) groups excluding carboxylic acids is 1. The molecule has 0 radical (unpaired) electrons. The molecule has 4 N–H and O–H groups in total.